The van der Waals surface area contributed by atoms with Crippen molar-refractivity contribution in [2.24, 2.45) is 0 Å². The molecule has 0 radical (unpaired) electrons. The van der Waals surface area contributed by atoms with Crippen LogP contribution in [0.5, 0.6) is 0 Å². The third-order valence-corrected chi connectivity index (χ3v) is 11.9. The van der Waals surface area contributed by atoms with Gasteiger partial charge < -0.3 is 0 Å². The topological polar surface area (TPSA) is 17.6 Å². The Kier molecular flexibility index (Phi) is 8.88. The summed E-state index contributed by atoms with van der Waals surface area (Å²) < 4.78 is 9.25. The molecular weight excluding hydrogens is 729 g/mol. The van der Waals surface area contributed by atoms with E-state index in [1.54, 1.807) is 0 Å². The zero-order chi connectivity index (χ0) is 39.8. The Morgan fingerprint density at radius 2 is 0.700 bits per heavy atom. The molecule has 0 bridgehead atoms. The van der Waals surface area contributed by atoms with Gasteiger partial charge in [-0.05, 0) is 91.6 Å². The van der Waals surface area contributed by atoms with E-state index in [2.05, 4.69) is 224 Å². The van der Waals surface area contributed by atoms with Gasteiger partial charge in [0.05, 0.1) is 0 Å². The summed E-state index contributed by atoms with van der Waals surface area (Å²) >= 11 is 0. The van der Waals surface area contributed by atoms with E-state index in [0.29, 0.717) is 13.1 Å². The monoisotopic (exact) mass is 768 g/mol. The molecule has 0 spiro atoms. The van der Waals surface area contributed by atoms with Gasteiger partial charge in [-0.1, -0.05) is 157 Å². The molecule has 0 aliphatic carbocycles. The lowest BCUT2D eigenvalue weighted by molar-refractivity contribution is -0.662. The van der Waals surface area contributed by atoms with Crippen LogP contribution < -0.4 is 9.13 Å². The number of nitrogens with zero attached hydrogens (tertiary/aromatic N) is 4. The van der Waals surface area contributed by atoms with Crippen LogP contribution in [0, 0.1) is 23.7 Å². The van der Waals surface area contributed by atoms with Crippen molar-refractivity contribution in [3.05, 3.63) is 217 Å². The summed E-state index contributed by atoms with van der Waals surface area (Å²) in [6.45, 7) is 2.65. The summed E-state index contributed by atoms with van der Waals surface area (Å²) in [5.74, 6) is 13.9. The van der Waals surface area contributed by atoms with E-state index >= 15 is 0 Å². The van der Waals surface area contributed by atoms with Crippen molar-refractivity contribution in [3.63, 3.8) is 0 Å². The zero-order valence-electron chi connectivity index (χ0n) is 33.1. The molecule has 0 unspecified atom stereocenters. The van der Waals surface area contributed by atoms with Crippen molar-refractivity contribution < 1.29 is 9.13 Å². The molecule has 9 aromatic carbocycles. The second-order valence-corrected chi connectivity index (χ2v) is 15.5. The second-order valence-electron chi connectivity index (χ2n) is 15.5. The normalized spacial score (nSPS) is 11.3. The molecule has 4 heteroatoms. The molecule has 0 aliphatic heterocycles. The van der Waals surface area contributed by atoms with Crippen LogP contribution in [0.25, 0.3) is 65.2 Å². The minimum absolute atomic E-state index is 0.562. The van der Waals surface area contributed by atoms with Gasteiger partial charge in [0.1, 0.15) is 13.1 Å². The number of imidazole rings is 2. The summed E-state index contributed by atoms with van der Waals surface area (Å²) in [6, 6.07) is 64.9. The Hall–Kier alpha value is -7.92. The van der Waals surface area contributed by atoms with E-state index in [-0.39, 0.29) is 0 Å². The minimum atomic E-state index is 0.562. The smallest absolute Gasteiger partial charge is 0.226 e. The first-order valence-corrected chi connectivity index (χ1v) is 20.6. The van der Waals surface area contributed by atoms with Crippen LogP contribution in [0.3, 0.4) is 0 Å². The number of hydrogen-bond acceptors (Lipinski definition) is 0. The van der Waals surface area contributed by atoms with Gasteiger partial charge in [-0.3, -0.25) is 0 Å². The average Bonchev–Trinajstić information content (AvgIpc) is 3.83. The van der Waals surface area contributed by atoms with Gasteiger partial charge in [0.25, 0.3) is 0 Å². The first kappa shape index (κ1) is 35.3. The SMILES string of the molecule is C(#Cc1ccccc1C#CCn1c[n+](Cc2c3ccccc3cc3ccccc23)c2ccccc21)Cn1c[n+](Cc2c3ccccc3cc3ccccc23)c2ccccc21. The highest BCUT2D eigenvalue weighted by molar-refractivity contribution is 6.03. The van der Waals surface area contributed by atoms with Crippen molar-refractivity contribution in [1.82, 2.24) is 9.13 Å². The van der Waals surface area contributed by atoms with Gasteiger partial charge in [0, 0.05) is 22.3 Å². The molecule has 2 heterocycles. The van der Waals surface area contributed by atoms with Crippen LogP contribution in [0.15, 0.2) is 195 Å². The Bertz CT molecular complexity index is 3240. The van der Waals surface area contributed by atoms with E-state index in [9.17, 15) is 0 Å². The molecule has 0 atom stereocenters. The maximum Gasteiger partial charge on any atom is 0.245 e. The summed E-state index contributed by atoms with van der Waals surface area (Å²) in [7, 11) is 0. The maximum atomic E-state index is 3.49. The van der Waals surface area contributed by atoms with E-state index in [1.165, 1.54) is 65.3 Å². The fraction of sp³-hybridized carbons (Fsp3) is 0.0714. The third-order valence-electron chi connectivity index (χ3n) is 11.9. The first-order chi connectivity index (χ1) is 29.7. The first-order valence-electron chi connectivity index (χ1n) is 20.6. The Balaban J connectivity index is 0.875. The van der Waals surface area contributed by atoms with Gasteiger partial charge >= 0.3 is 0 Å². The van der Waals surface area contributed by atoms with Gasteiger partial charge in [0.2, 0.25) is 12.7 Å². The highest BCUT2D eigenvalue weighted by Gasteiger charge is 2.19. The maximum absolute atomic E-state index is 3.49. The summed E-state index contributed by atoms with van der Waals surface area (Å²) in [5, 5.41) is 10.2. The van der Waals surface area contributed by atoms with Gasteiger partial charge in [-0.25, -0.2) is 18.3 Å². The molecule has 2 aromatic heterocycles. The lowest BCUT2D eigenvalue weighted by atomic mass is 9.96. The van der Waals surface area contributed by atoms with Crippen LogP contribution >= 0.6 is 0 Å². The van der Waals surface area contributed by atoms with Crippen LogP contribution in [0.4, 0.5) is 0 Å². The lowest BCUT2D eigenvalue weighted by Gasteiger charge is -2.10. The van der Waals surface area contributed by atoms with Crippen molar-refractivity contribution in [2.45, 2.75) is 26.2 Å². The standard InChI is InChI=1S/C56H40N4/c1-2-18-42(24-16-34-58-40-60(56-32-14-12-30-54(56)58)38-52-49-27-9-5-21-45(49)36-46-22-6-10-28-50(46)52)41(17-1)23-15-33-57-39-59(55-31-13-11-29-53(55)57)37-51-47-25-7-3-19-43(47)35-44-20-4-8-26-48(44)51/h1-14,17-22,25-32,35-36,39-40H,33-34,37-38H2/q+2. The quantitative estimate of drug-likeness (QED) is 0.0911. The van der Waals surface area contributed by atoms with Crippen molar-refractivity contribution in [2.75, 3.05) is 0 Å². The third kappa shape index (κ3) is 6.42. The molecule has 11 rings (SSSR count). The highest BCUT2D eigenvalue weighted by Crippen LogP contribution is 2.30. The molecule has 4 nitrogen and oxygen atoms in total. The fourth-order valence-corrected chi connectivity index (χ4v) is 9.03. The Morgan fingerprint density at radius 1 is 0.367 bits per heavy atom. The number of hydrogen-bond donors (Lipinski definition) is 0. The van der Waals surface area contributed by atoms with E-state index < -0.39 is 0 Å². The molecular formula is C56H40N4+2. The Morgan fingerprint density at radius 3 is 1.10 bits per heavy atom. The van der Waals surface area contributed by atoms with Crippen LogP contribution in [-0.4, -0.2) is 9.13 Å². The lowest BCUT2D eigenvalue weighted by Crippen LogP contribution is -2.33. The Labute approximate surface area is 348 Å². The van der Waals surface area contributed by atoms with Crippen molar-refractivity contribution in [1.29, 1.82) is 0 Å². The summed E-state index contributed by atoms with van der Waals surface area (Å²) in [4.78, 5) is 0. The highest BCUT2D eigenvalue weighted by atomic mass is 15.1. The van der Waals surface area contributed by atoms with Gasteiger partial charge in [-0.2, -0.15) is 0 Å². The predicted octanol–water partition coefficient (Wildman–Crippen LogP) is 11.0. The second kappa shape index (κ2) is 15.1. The van der Waals surface area contributed by atoms with Crippen LogP contribution in [0.1, 0.15) is 22.3 Å². The summed E-state index contributed by atoms with van der Waals surface area (Å²) in [5.41, 5.74) is 9.23. The number of fused-ring (bicyclic) bond motifs is 6. The largest absolute Gasteiger partial charge is 0.245 e. The number of para-hydroxylation sites is 4. The number of aromatic nitrogens is 4. The molecule has 0 amide bonds. The number of rotatable bonds is 6. The molecule has 0 fully saturated rings. The number of benzene rings is 9. The van der Waals surface area contributed by atoms with Gasteiger partial charge in [0.15, 0.2) is 35.2 Å². The van der Waals surface area contributed by atoms with Crippen LogP contribution in [-0.2, 0) is 26.2 Å². The van der Waals surface area contributed by atoms with E-state index in [0.717, 1.165) is 35.2 Å². The van der Waals surface area contributed by atoms with E-state index in [1.807, 2.05) is 12.1 Å². The predicted molar refractivity (Wildman–Crippen MR) is 246 cm³/mol. The molecule has 0 saturated carbocycles. The van der Waals surface area contributed by atoms with Crippen LogP contribution in [0.2, 0.25) is 0 Å². The summed E-state index contributed by atoms with van der Waals surface area (Å²) in [6.07, 6.45) is 4.44. The van der Waals surface area contributed by atoms with Gasteiger partial charge in [-0.15, -0.1) is 0 Å². The average molecular weight is 769 g/mol. The molecule has 0 aliphatic rings. The molecule has 60 heavy (non-hydrogen) atoms. The van der Waals surface area contributed by atoms with E-state index in [4.69, 9.17) is 0 Å². The molecule has 282 valence electrons. The fourth-order valence-electron chi connectivity index (χ4n) is 9.03. The van der Waals surface area contributed by atoms with Crippen molar-refractivity contribution >= 4 is 65.2 Å². The van der Waals surface area contributed by atoms with Crippen molar-refractivity contribution in [3.8, 4) is 23.7 Å². The molecule has 0 saturated heterocycles. The molecule has 11 aromatic rings. The minimum Gasteiger partial charge on any atom is -0.226 e. The zero-order valence-corrected chi connectivity index (χ0v) is 33.1. The molecule has 0 N–H and O–H groups in total.